The summed E-state index contributed by atoms with van der Waals surface area (Å²) in [5, 5.41) is 0. The first-order valence-electron chi connectivity index (χ1n) is 9.37. The Hall–Kier alpha value is -2.95. The normalized spacial score (nSPS) is 16.6. The van der Waals surface area contributed by atoms with Crippen LogP contribution in [0.4, 0.5) is 5.69 Å². The van der Waals surface area contributed by atoms with Crippen LogP contribution in [0.25, 0.3) is 0 Å². The Balaban J connectivity index is 1.80. The molecule has 1 unspecified atom stereocenters. The van der Waals surface area contributed by atoms with Gasteiger partial charge in [-0.1, -0.05) is 55.5 Å². The number of hydrogen-bond donors (Lipinski definition) is 0. The molecule has 1 saturated heterocycles. The second-order valence-corrected chi connectivity index (χ2v) is 6.70. The molecule has 27 heavy (non-hydrogen) atoms. The van der Waals surface area contributed by atoms with Crippen LogP contribution in [0.15, 0.2) is 60.7 Å². The maximum atomic E-state index is 13.0. The summed E-state index contributed by atoms with van der Waals surface area (Å²) in [5.41, 5.74) is 1.66. The lowest BCUT2D eigenvalue weighted by molar-refractivity contribution is -0.138. The summed E-state index contributed by atoms with van der Waals surface area (Å²) in [7, 11) is 0. The summed E-state index contributed by atoms with van der Waals surface area (Å²) in [6, 6.07) is 18.0. The first-order chi connectivity index (χ1) is 13.1. The number of amides is 3. The van der Waals surface area contributed by atoms with E-state index in [1.54, 1.807) is 29.2 Å². The molecule has 0 radical (unpaired) electrons. The van der Waals surface area contributed by atoms with Gasteiger partial charge in [0.1, 0.15) is 6.04 Å². The summed E-state index contributed by atoms with van der Waals surface area (Å²) >= 11 is 0. The van der Waals surface area contributed by atoms with Crippen molar-refractivity contribution in [3.63, 3.8) is 0 Å². The molecule has 1 heterocycles. The monoisotopic (exact) mass is 364 g/mol. The number of rotatable bonds is 7. The van der Waals surface area contributed by atoms with E-state index in [2.05, 4.69) is 0 Å². The van der Waals surface area contributed by atoms with E-state index in [0.717, 1.165) is 5.56 Å². The van der Waals surface area contributed by atoms with Gasteiger partial charge in [-0.25, -0.2) is 4.90 Å². The minimum atomic E-state index is -0.722. The molecule has 1 fully saturated rings. The summed E-state index contributed by atoms with van der Waals surface area (Å²) in [5.74, 6) is -0.650. The third-order valence-electron chi connectivity index (χ3n) is 4.78. The molecule has 2 aromatic carbocycles. The van der Waals surface area contributed by atoms with Gasteiger partial charge in [0.25, 0.3) is 5.91 Å². The molecule has 5 nitrogen and oxygen atoms in total. The molecule has 3 amide bonds. The van der Waals surface area contributed by atoms with Crippen molar-refractivity contribution < 1.29 is 14.4 Å². The standard InChI is InChI=1S/C22H24N2O3/c1-2-9-20(25)23(15-14-17-10-5-3-6-11-17)19-16-21(26)24(22(19)27)18-12-7-4-8-13-18/h3-8,10-13,19H,2,9,14-16H2,1H3. The Morgan fingerprint density at radius 1 is 1.04 bits per heavy atom. The van der Waals surface area contributed by atoms with Crippen molar-refractivity contribution >= 4 is 23.4 Å². The average Bonchev–Trinajstić information content (AvgIpc) is 2.98. The fourth-order valence-electron chi connectivity index (χ4n) is 3.41. The van der Waals surface area contributed by atoms with Gasteiger partial charge in [0.05, 0.1) is 12.1 Å². The molecule has 1 aliphatic heterocycles. The highest BCUT2D eigenvalue weighted by Crippen LogP contribution is 2.26. The van der Waals surface area contributed by atoms with Gasteiger partial charge in [-0.3, -0.25) is 14.4 Å². The number of anilines is 1. The molecular formula is C22H24N2O3. The van der Waals surface area contributed by atoms with Crippen molar-refractivity contribution in [2.24, 2.45) is 0 Å². The highest BCUT2D eigenvalue weighted by atomic mass is 16.2. The summed E-state index contributed by atoms with van der Waals surface area (Å²) in [6.45, 7) is 2.36. The topological polar surface area (TPSA) is 57.7 Å². The fourth-order valence-corrected chi connectivity index (χ4v) is 3.41. The zero-order valence-corrected chi connectivity index (χ0v) is 15.5. The van der Waals surface area contributed by atoms with Crippen molar-refractivity contribution in [2.75, 3.05) is 11.4 Å². The number of nitrogens with zero attached hydrogens (tertiary/aromatic N) is 2. The smallest absolute Gasteiger partial charge is 0.257 e. The highest BCUT2D eigenvalue weighted by molar-refractivity contribution is 6.23. The van der Waals surface area contributed by atoms with E-state index in [1.165, 1.54) is 4.90 Å². The minimum absolute atomic E-state index is 0.0397. The van der Waals surface area contributed by atoms with E-state index in [4.69, 9.17) is 0 Å². The number of hydrogen-bond acceptors (Lipinski definition) is 3. The van der Waals surface area contributed by atoms with Crippen LogP contribution < -0.4 is 4.90 Å². The average molecular weight is 364 g/mol. The molecule has 3 rings (SSSR count). The van der Waals surface area contributed by atoms with Gasteiger partial charge in [-0.2, -0.15) is 0 Å². The molecule has 0 N–H and O–H groups in total. The van der Waals surface area contributed by atoms with E-state index in [1.807, 2.05) is 43.3 Å². The van der Waals surface area contributed by atoms with Crippen molar-refractivity contribution in [3.05, 3.63) is 66.2 Å². The summed E-state index contributed by atoms with van der Waals surface area (Å²) in [4.78, 5) is 41.0. The van der Waals surface area contributed by atoms with Crippen LogP contribution in [0.5, 0.6) is 0 Å². The van der Waals surface area contributed by atoms with Gasteiger partial charge in [0.15, 0.2) is 0 Å². The highest BCUT2D eigenvalue weighted by Gasteiger charge is 2.43. The van der Waals surface area contributed by atoms with Crippen molar-refractivity contribution in [2.45, 2.75) is 38.6 Å². The van der Waals surface area contributed by atoms with Crippen LogP contribution in [-0.4, -0.2) is 35.2 Å². The Morgan fingerprint density at radius 3 is 2.30 bits per heavy atom. The van der Waals surface area contributed by atoms with Crippen LogP contribution in [0.3, 0.4) is 0 Å². The first-order valence-corrected chi connectivity index (χ1v) is 9.37. The molecule has 1 aliphatic rings. The maximum absolute atomic E-state index is 13.0. The lowest BCUT2D eigenvalue weighted by Gasteiger charge is -2.27. The van der Waals surface area contributed by atoms with Crippen molar-refractivity contribution in [1.29, 1.82) is 0 Å². The fraction of sp³-hybridized carbons (Fsp3) is 0.318. The van der Waals surface area contributed by atoms with Gasteiger partial charge >= 0.3 is 0 Å². The molecule has 0 saturated carbocycles. The Bertz CT molecular complexity index is 805. The van der Waals surface area contributed by atoms with Crippen LogP contribution in [0.1, 0.15) is 31.7 Å². The summed E-state index contributed by atoms with van der Waals surface area (Å²) < 4.78 is 0. The Labute approximate surface area is 159 Å². The molecule has 5 heteroatoms. The second kappa shape index (κ2) is 8.62. The molecule has 2 aromatic rings. The number of para-hydroxylation sites is 1. The Kier molecular flexibility index (Phi) is 6.01. The predicted molar refractivity (Wildman–Crippen MR) is 104 cm³/mol. The lowest BCUT2D eigenvalue weighted by Crippen LogP contribution is -2.46. The quantitative estimate of drug-likeness (QED) is 0.709. The van der Waals surface area contributed by atoms with Crippen LogP contribution >= 0.6 is 0 Å². The molecule has 0 aliphatic carbocycles. The Morgan fingerprint density at radius 2 is 1.67 bits per heavy atom. The largest absolute Gasteiger partial charge is 0.330 e. The zero-order chi connectivity index (χ0) is 19.2. The van der Waals surface area contributed by atoms with E-state index in [-0.39, 0.29) is 24.1 Å². The van der Waals surface area contributed by atoms with E-state index < -0.39 is 6.04 Å². The number of carbonyl (C=O) groups excluding carboxylic acids is 3. The number of benzene rings is 2. The first kappa shape index (κ1) is 18.8. The third-order valence-corrected chi connectivity index (χ3v) is 4.78. The van der Waals surface area contributed by atoms with Gasteiger partial charge in [0.2, 0.25) is 11.8 Å². The lowest BCUT2D eigenvalue weighted by atomic mass is 10.1. The zero-order valence-electron chi connectivity index (χ0n) is 15.5. The minimum Gasteiger partial charge on any atom is -0.330 e. The molecule has 0 bridgehead atoms. The molecule has 140 valence electrons. The van der Waals surface area contributed by atoms with Crippen LogP contribution in [-0.2, 0) is 20.8 Å². The maximum Gasteiger partial charge on any atom is 0.257 e. The van der Waals surface area contributed by atoms with Gasteiger partial charge in [-0.05, 0) is 30.5 Å². The molecule has 1 atom stereocenters. The number of imide groups is 1. The molecular weight excluding hydrogens is 340 g/mol. The number of carbonyl (C=O) groups is 3. The predicted octanol–water partition coefficient (Wildman–Crippen LogP) is 3.19. The van der Waals surface area contributed by atoms with Crippen LogP contribution in [0, 0.1) is 0 Å². The third kappa shape index (κ3) is 4.25. The van der Waals surface area contributed by atoms with E-state index in [9.17, 15) is 14.4 Å². The van der Waals surface area contributed by atoms with Gasteiger partial charge < -0.3 is 4.90 Å². The van der Waals surface area contributed by atoms with Crippen molar-refractivity contribution in [1.82, 2.24) is 4.90 Å². The van der Waals surface area contributed by atoms with Crippen molar-refractivity contribution in [3.8, 4) is 0 Å². The van der Waals surface area contributed by atoms with Crippen LogP contribution in [0.2, 0.25) is 0 Å². The van der Waals surface area contributed by atoms with E-state index >= 15 is 0 Å². The summed E-state index contributed by atoms with van der Waals surface area (Å²) in [6.07, 6.45) is 1.77. The SMILES string of the molecule is CCCC(=O)N(CCc1ccccc1)C1CC(=O)N(c2ccccc2)C1=O. The molecule has 0 aromatic heterocycles. The van der Waals surface area contributed by atoms with Gasteiger partial charge in [-0.15, -0.1) is 0 Å². The van der Waals surface area contributed by atoms with E-state index in [0.29, 0.717) is 31.5 Å². The second-order valence-electron chi connectivity index (χ2n) is 6.70. The van der Waals surface area contributed by atoms with Gasteiger partial charge in [0, 0.05) is 13.0 Å². The molecule has 0 spiro atoms.